The Balaban J connectivity index is 1.79. The number of nitrogens with one attached hydrogen (secondary N) is 1. The highest BCUT2D eigenvalue weighted by Crippen LogP contribution is 2.58. The summed E-state index contributed by atoms with van der Waals surface area (Å²) in [7, 11) is -0.216. The molecule has 0 aliphatic rings. The van der Waals surface area contributed by atoms with Gasteiger partial charge in [0.2, 0.25) is 0 Å². The lowest BCUT2D eigenvalue weighted by Gasteiger charge is -2.31. The number of phenols is 1. The largest absolute Gasteiger partial charge is 0.506 e. The summed E-state index contributed by atoms with van der Waals surface area (Å²) in [6.07, 6.45) is 0.607. The SMILES string of the molecule is COc1ccc(CCNC(c2cc(Cl)cc(Cl)c2O)P(=O)(c2ccccc2)c2ccccc2)cc1OC. The molecule has 0 saturated heterocycles. The minimum Gasteiger partial charge on any atom is -0.506 e. The van der Waals surface area contributed by atoms with Crippen LogP contribution in [-0.4, -0.2) is 25.9 Å². The summed E-state index contributed by atoms with van der Waals surface area (Å²) in [5.74, 6) is 0.332. The second-order valence-corrected chi connectivity index (χ2v) is 12.2. The van der Waals surface area contributed by atoms with Crippen molar-refractivity contribution in [1.82, 2.24) is 5.32 Å². The van der Waals surface area contributed by atoms with Gasteiger partial charge in [0, 0.05) is 27.7 Å². The first kappa shape index (κ1) is 27.1. The molecule has 8 heteroatoms. The molecule has 1 atom stereocenters. The molecular weight excluding hydrogens is 528 g/mol. The molecule has 0 spiro atoms. The van der Waals surface area contributed by atoms with Gasteiger partial charge in [-0.3, -0.25) is 0 Å². The van der Waals surface area contributed by atoms with E-state index < -0.39 is 12.9 Å². The van der Waals surface area contributed by atoms with Gasteiger partial charge in [-0.05, 0) is 36.2 Å². The maximum absolute atomic E-state index is 15.2. The molecule has 4 aromatic carbocycles. The van der Waals surface area contributed by atoms with Crippen LogP contribution in [0.15, 0.2) is 91.0 Å². The van der Waals surface area contributed by atoms with Crippen molar-refractivity contribution in [3.63, 3.8) is 0 Å². The second-order valence-electron chi connectivity index (χ2n) is 8.45. The monoisotopic (exact) mass is 555 g/mol. The van der Waals surface area contributed by atoms with Crippen molar-refractivity contribution in [3.8, 4) is 17.2 Å². The average Bonchev–Trinajstić information content (AvgIpc) is 2.93. The second kappa shape index (κ2) is 12.1. The molecule has 0 fully saturated rings. The molecule has 1 unspecified atom stereocenters. The Hall–Kier alpha value is -2.95. The lowest BCUT2D eigenvalue weighted by atomic mass is 10.1. The van der Waals surface area contributed by atoms with Crippen molar-refractivity contribution >= 4 is 41.0 Å². The topological polar surface area (TPSA) is 67.8 Å². The van der Waals surface area contributed by atoms with Crippen LogP contribution in [0.2, 0.25) is 10.0 Å². The van der Waals surface area contributed by atoms with Gasteiger partial charge in [-0.15, -0.1) is 0 Å². The van der Waals surface area contributed by atoms with Gasteiger partial charge in [0.15, 0.2) is 18.6 Å². The van der Waals surface area contributed by atoms with Crippen molar-refractivity contribution in [2.75, 3.05) is 20.8 Å². The third-order valence-electron chi connectivity index (χ3n) is 6.19. The maximum atomic E-state index is 15.2. The van der Waals surface area contributed by atoms with E-state index in [0.717, 1.165) is 5.56 Å². The maximum Gasteiger partial charge on any atom is 0.163 e. The number of ether oxygens (including phenoxy) is 2. The van der Waals surface area contributed by atoms with Gasteiger partial charge in [-0.25, -0.2) is 0 Å². The summed E-state index contributed by atoms with van der Waals surface area (Å²) in [4.78, 5) is 0. The van der Waals surface area contributed by atoms with E-state index in [1.54, 1.807) is 20.3 Å². The molecule has 37 heavy (non-hydrogen) atoms. The van der Waals surface area contributed by atoms with Crippen molar-refractivity contribution in [2.45, 2.75) is 12.2 Å². The molecule has 192 valence electrons. The van der Waals surface area contributed by atoms with Gasteiger partial charge in [-0.2, -0.15) is 0 Å². The van der Waals surface area contributed by atoms with Crippen molar-refractivity contribution in [1.29, 1.82) is 0 Å². The van der Waals surface area contributed by atoms with Crippen LogP contribution in [0.5, 0.6) is 17.2 Å². The zero-order valence-electron chi connectivity index (χ0n) is 20.5. The number of halogens is 2. The number of phenolic OH excluding ortho intramolecular Hbond substituents is 1. The van der Waals surface area contributed by atoms with E-state index in [4.69, 9.17) is 32.7 Å². The van der Waals surface area contributed by atoms with E-state index in [9.17, 15) is 5.11 Å². The van der Waals surface area contributed by atoms with Crippen LogP contribution >= 0.6 is 30.3 Å². The Labute approximate surface area is 227 Å². The number of aromatic hydroxyl groups is 1. The van der Waals surface area contributed by atoms with Gasteiger partial charge >= 0.3 is 0 Å². The predicted octanol–water partition coefficient (Wildman–Crippen LogP) is 6.56. The fraction of sp³-hybridized carbons (Fsp3) is 0.172. The van der Waals surface area contributed by atoms with Crippen LogP contribution in [0.3, 0.4) is 0 Å². The van der Waals surface area contributed by atoms with Crippen LogP contribution < -0.4 is 25.4 Å². The molecule has 0 heterocycles. The first-order valence-electron chi connectivity index (χ1n) is 11.7. The highest BCUT2D eigenvalue weighted by molar-refractivity contribution is 7.79. The molecule has 4 aromatic rings. The predicted molar refractivity (Wildman–Crippen MR) is 152 cm³/mol. The summed E-state index contributed by atoms with van der Waals surface area (Å²) >= 11 is 12.7. The molecule has 0 saturated carbocycles. The summed E-state index contributed by atoms with van der Waals surface area (Å²) in [5, 5.41) is 16.2. The quantitative estimate of drug-likeness (QED) is 0.217. The minimum atomic E-state index is -3.41. The zero-order chi connectivity index (χ0) is 26.4. The third kappa shape index (κ3) is 5.81. The Morgan fingerprint density at radius 2 is 1.43 bits per heavy atom. The Kier molecular flexibility index (Phi) is 8.83. The van der Waals surface area contributed by atoms with Crippen molar-refractivity contribution in [2.24, 2.45) is 0 Å². The van der Waals surface area contributed by atoms with Gasteiger partial charge in [0.1, 0.15) is 5.75 Å². The van der Waals surface area contributed by atoms with Crippen LogP contribution in [0.4, 0.5) is 0 Å². The molecular formula is C29H28Cl2NO4P. The summed E-state index contributed by atoms with van der Waals surface area (Å²) in [6, 6.07) is 27.4. The number of methoxy groups -OCH3 is 2. The molecule has 0 aliphatic carbocycles. The molecule has 0 bridgehead atoms. The smallest absolute Gasteiger partial charge is 0.163 e. The lowest BCUT2D eigenvalue weighted by molar-refractivity contribution is 0.354. The zero-order valence-corrected chi connectivity index (χ0v) is 22.9. The van der Waals surface area contributed by atoms with E-state index >= 15 is 4.57 Å². The summed E-state index contributed by atoms with van der Waals surface area (Å²) in [6.45, 7) is 0.452. The summed E-state index contributed by atoms with van der Waals surface area (Å²) in [5.41, 5.74) is 1.38. The first-order valence-corrected chi connectivity index (χ1v) is 14.2. The Morgan fingerprint density at radius 1 is 0.838 bits per heavy atom. The number of hydrogen-bond acceptors (Lipinski definition) is 5. The van der Waals surface area contributed by atoms with E-state index in [2.05, 4.69) is 5.32 Å². The molecule has 5 nitrogen and oxygen atoms in total. The van der Waals surface area contributed by atoms with E-state index in [-0.39, 0.29) is 10.8 Å². The van der Waals surface area contributed by atoms with Crippen LogP contribution in [0.1, 0.15) is 16.9 Å². The third-order valence-corrected chi connectivity index (χ3v) is 10.0. The lowest BCUT2D eigenvalue weighted by Crippen LogP contribution is -2.32. The van der Waals surface area contributed by atoms with Gasteiger partial charge in [0.05, 0.1) is 25.0 Å². The van der Waals surface area contributed by atoms with Gasteiger partial charge < -0.3 is 24.5 Å². The average molecular weight is 556 g/mol. The normalized spacial score (nSPS) is 12.2. The standard InChI is InChI=1S/C29H28Cl2NO4P/c1-35-26-14-13-20(17-27(26)36-2)15-16-32-29(24-18-21(30)19-25(31)28(24)33)37(34,22-9-5-3-6-10-22)23-11-7-4-8-12-23/h3-14,17-19,29,32-33H,15-16H2,1-2H3. The highest BCUT2D eigenvalue weighted by atomic mass is 35.5. The molecule has 0 aromatic heterocycles. The fourth-order valence-electron chi connectivity index (χ4n) is 4.36. The molecule has 4 rings (SSSR count). The molecule has 0 amide bonds. The Bertz CT molecular complexity index is 1360. The highest BCUT2D eigenvalue weighted by Gasteiger charge is 2.39. The van der Waals surface area contributed by atoms with E-state index in [1.165, 1.54) is 6.07 Å². The number of rotatable bonds is 10. The van der Waals surface area contributed by atoms with Crippen molar-refractivity contribution < 1.29 is 19.1 Å². The first-order chi connectivity index (χ1) is 17.9. The van der Waals surface area contributed by atoms with Crippen LogP contribution in [-0.2, 0) is 11.0 Å². The fourth-order valence-corrected chi connectivity index (χ4v) is 7.97. The number of hydrogen-bond donors (Lipinski definition) is 2. The Morgan fingerprint density at radius 3 is 2.00 bits per heavy atom. The summed E-state index contributed by atoms with van der Waals surface area (Å²) < 4.78 is 26.0. The van der Waals surface area contributed by atoms with Crippen LogP contribution in [0, 0.1) is 0 Å². The molecule has 2 N–H and O–H groups in total. The minimum absolute atomic E-state index is 0.0989. The number of benzene rings is 4. The van der Waals surface area contributed by atoms with Gasteiger partial charge in [-0.1, -0.05) is 89.9 Å². The van der Waals surface area contributed by atoms with E-state index in [0.29, 0.717) is 45.7 Å². The molecule has 0 radical (unpaired) electrons. The molecule has 0 aliphatic heterocycles. The van der Waals surface area contributed by atoms with E-state index in [1.807, 2.05) is 78.9 Å². The van der Waals surface area contributed by atoms with Crippen LogP contribution in [0.25, 0.3) is 0 Å². The van der Waals surface area contributed by atoms with Crippen molar-refractivity contribution in [3.05, 3.63) is 112 Å². The van der Waals surface area contributed by atoms with Gasteiger partial charge in [0.25, 0.3) is 0 Å².